The third kappa shape index (κ3) is 20.2. The van der Waals surface area contributed by atoms with Gasteiger partial charge in [0.1, 0.15) is 0 Å². The molecule has 0 aromatic rings. The van der Waals surface area contributed by atoms with Gasteiger partial charge < -0.3 is 10.2 Å². The van der Waals surface area contributed by atoms with Crippen LogP contribution in [0.1, 0.15) is 105 Å². The average molecular weight is 289 g/mol. The second-order valence-electron chi connectivity index (χ2n) is 5.82. The Hall–Kier alpha value is -0.0800. The average Bonchev–Trinajstić information content (AvgIpc) is 2.48. The predicted molar refractivity (Wildman–Crippen MR) is 90.1 cm³/mol. The lowest BCUT2D eigenvalue weighted by molar-refractivity contribution is 0.156. The highest BCUT2D eigenvalue weighted by molar-refractivity contribution is 4.52. The number of aliphatic hydroxyl groups is 2. The van der Waals surface area contributed by atoms with Crippen molar-refractivity contribution >= 4 is 0 Å². The molecule has 2 unspecified atom stereocenters. The van der Waals surface area contributed by atoms with E-state index in [0.29, 0.717) is 0 Å². The predicted octanol–water partition coefficient (Wildman–Crippen LogP) is 5.46. The quantitative estimate of drug-likeness (QED) is 0.468. The van der Waals surface area contributed by atoms with E-state index in [1.807, 2.05) is 13.8 Å². The third-order valence-corrected chi connectivity index (χ3v) is 3.72. The van der Waals surface area contributed by atoms with E-state index < -0.39 is 0 Å². The highest BCUT2D eigenvalue weighted by Crippen LogP contribution is 2.07. The lowest BCUT2D eigenvalue weighted by Gasteiger charge is -2.05. The Balaban J connectivity index is 0. The zero-order chi connectivity index (χ0) is 15.6. The lowest BCUT2D eigenvalue weighted by Crippen LogP contribution is -2.03. The minimum Gasteiger partial charge on any atom is -0.393 e. The Morgan fingerprint density at radius 1 is 0.550 bits per heavy atom. The van der Waals surface area contributed by atoms with Crippen LogP contribution in [0.15, 0.2) is 0 Å². The first kappa shape index (κ1) is 22.2. The highest BCUT2D eigenvalue weighted by Gasteiger charge is 1.98. The molecule has 0 aliphatic carbocycles. The molecular weight excluding hydrogens is 248 g/mol. The number of aliphatic hydroxyl groups excluding tert-OH is 2. The van der Waals surface area contributed by atoms with Crippen molar-refractivity contribution < 1.29 is 10.2 Å². The molecule has 0 spiro atoms. The second kappa shape index (κ2) is 18.9. The van der Waals surface area contributed by atoms with Gasteiger partial charge in [-0.15, -0.1) is 0 Å². The maximum absolute atomic E-state index is 9.16. The fraction of sp³-hybridized carbons (Fsp3) is 1.00. The first-order valence-corrected chi connectivity index (χ1v) is 8.98. The Morgan fingerprint density at radius 2 is 0.900 bits per heavy atom. The Morgan fingerprint density at radius 3 is 1.15 bits per heavy atom. The Bertz CT molecular complexity index is 141. The first-order valence-electron chi connectivity index (χ1n) is 8.98. The van der Waals surface area contributed by atoms with Crippen molar-refractivity contribution in [1.29, 1.82) is 0 Å². The standard InChI is InChI=1S/2C9H20O/c2*1-3-5-6-7-8-9(10)4-2/h2*9-10H,3-8H2,1-2H3. The van der Waals surface area contributed by atoms with E-state index in [4.69, 9.17) is 10.2 Å². The molecule has 20 heavy (non-hydrogen) atoms. The van der Waals surface area contributed by atoms with E-state index in [1.54, 1.807) is 0 Å². The molecule has 124 valence electrons. The van der Waals surface area contributed by atoms with Gasteiger partial charge in [-0.05, 0) is 25.7 Å². The van der Waals surface area contributed by atoms with Crippen LogP contribution in [0.5, 0.6) is 0 Å². The van der Waals surface area contributed by atoms with Gasteiger partial charge in [-0.25, -0.2) is 0 Å². The van der Waals surface area contributed by atoms with Gasteiger partial charge in [-0.1, -0.05) is 79.1 Å². The van der Waals surface area contributed by atoms with Gasteiger partial charge in [-0.3, -0.25) is 0 Å². The molecule has 0 fully saturated rings. The number of rotatable bonds is 12. The van der Waals surface area contributed by atoms with Crippen LogP contribution < -0.4 is 0 Å². The van der Waals surface area contributed by atoms with Crippen molar-refractivity contribution in [2.24, 2.45) is 0 Å². The molecule has 2 nitrogen and oxygen atoms in total. The minimum absolute atomic E-state index is 0.0446. The van der Waals surface area contributed by atoms with E-state index >= 15 is 0 Å². The van der Waals surface area contributed by atoms with Gasteiger partial charge in [0.25, 0.3) is 0 Å². The summed E-state index contributed by atoms with van der Waals surface area (Å²) in [5.74, 6) is 0. The number of unbranched alkanes of at least 4 members (excludes halogenated alkanes) is 6. The maximum Gasteiger partial charge on any atom is 0.0537 e. The van der Waals surface area contributed by atoms with Gasteiger partial charge in [0.2, 0.25) is 0 Å². The van der Waals surface area contributed by atoms with E-state index in [-0.39, 0.29) is 12.2 Å². The van der Waals surface area contributed by atoms with Crippen molar-refractivity contribution in [3.63, 3.8) is 0 Å². The van der Waals surface area contributed by atoms with Crippen LogP contribution in [0.4, 0.5) is 0 Å². The smallest absolute Gasteiger partial charge is 0.0537 e. The van der Waals surface area contributed by atoms with Crippen LogP contribution in [0.25, 0.3) is 0 Å². The number of hydrogen-bond acceptors (Lipinski definition) is 2. The number of hydrogen-bond donors (Lipinski definition) is 2. The Kier molecular flexibility index (Phi) is 21.0. The van der Waals surface area contributed by atoms with Gasteiger partial charge >= 0.3 is 0 Å². The molecule has 0 bridgehead atoms. The van der Waals surface area contributed by atoms with E-state index in [0.717, 1.165) is 25.7 Å². The largest absolute Gasteiger partial charge is 0.393 e. The van der Waals surface area contributed by atoms with Crippen molar-refractivity contribution in [3.05, 3.63) is 0 Å². The zero-order valence-electron chi connectivity index (χ0n) is 14.5. The van der Waals surface area contributed by atoms with Crippen molar-refractivity contribution in [2.75, 3.05) is 0 Å². The molecule has 0 amide bonds. The Labute approximate surface area is 128 Å². The molecule has 0 radical (unpaired) electrons. The van der Waals surface area contributed by atoms with Gasteiger partial charge in [0.05, 0.1) is 12.2 Å². The van der Waals surface area contributed by atoms with Gasteiger partial charge in [-0.2, -0.15) is 0 Å². The van der Waals surface area contributed by atoms with Crippen molar-refractivity contribution in [3.8, 4) is 0 Å². The van der Waals surface area contributed by atoms with Gasteiger partial charge in [0, 0.05) is 0 Å². The molecule has 0 heterocycles. The molecule has 2 N–H and O–H groups in total. The summed E-state index contributed by atoms with van der Waals surface area (Å²) in [6.45, 7) is 8.47. The fourth-order valence-corrected chi connectivity index (χ4v) is 2.02. The zero-order valence-corrected chi connectivity index (χ0v) is 14.5. The molecule has 0 saturated carbocycles. The molecular formula is C18H40O2. The van der Waals surface area contributed by atoms with Crippen molar-refractivity contribution in [2.45, 2.75) is 117 Å². The second-order valence-corrected chi connectivity index (χ2v) is 5.82. The topological polar surface area (TPSA) is 40.5 Å². The summed E-state index contributed by atoms with van der Waals surface area (Å²) in [4.78, 5) is 0. The van der Waals surface area contributed by atoms with E-state index in [2.05, 4.69) is 13.8 Å². The third-order valence-electron chi connectivity index (χ3n) is 3.72. The van der Waals surface area contributed by atoms with Crippen LogP contribution in [0.3, 0.4) is 0 Å². The molecule has 0 rings (SSSR count). The summed E-state index contributed by atoms with van der Waals surface area (Å²) in [5, 5.41) is 18.3. The first-order chi connectivity index (χ1) is 9.62. The van der Waals surface area contributed by atoms with Crippen LogP contribution in [0, 0.1) is 0 Å². The van der Waals surface area contributed by atoms with E-state index in [9.17, 15) is 0 Å². The summed E-state index contributed by atoms with van der Waals surface area (Å²) < 4.78 is 0. The van der Waals surface area contributed by atoms with Crippen LogP contribution >= 0.6 is 0 Å². The van der Waals surface area contributed by atoms with Crippen LogP contribution in [-0.4, -0.2) is 22.4 Å². The fourth-order valence-electron chi connectivity index (χ4n) is 2.02. The minimum atomic E-state index is -0.0446. The molecule has 0 aliphatic heterocycles. The monoisotopic (exact) mass is 288 g/mol. The molecule has 2 atom stereocenters. The van der Waals surface area contributed by atoms with Gasteiger partial charge in [0.15, 0.2) is 0 Å². The molecule has 0 aromatic heterocycles. The van der Waals surface area contributed by atoms with Crippen LogP contribution in [-0.2, 0) is 0 Å². The molecule has 0 aromatic carbocycles. The highest BCUT2D eigenvalue weighted by atomic mass is 16.3. The summed E-state index contributed by atoms with van der Waals surface area (Å²) in [6, 6.07) is 0. The molecule has 2 heteroatoms. The van der Waals surface area contributed by atoms with Crippen molar-refractivity contribution in [1.82, 2.24) is 0 Å². The summed E-state index contributed by atoms with van der Waals surface area (Å²) in [7, 11) is 0. The van der Waals surface area contributed by atoms with Crippen LogP contribution in [0.2, 0.25) is 0 Å². The summed E-state index contributed by atoms with van der Waals surface area (Å²) in [6.07, 6.45) is 13.9. The maximum atomic E-state index is 9.16. The molecule has 0 aliphatic rings. The summed E-state index contributed by atoms with van der Waals surface area (Å²) >= 11 is 0. The lowest BCUT2D eigenvalue weighted by atomic mass is 10.1. The SMILES string of the molecule is CCCCCCC(O)CC.CCCCCCC(O)CC. The van der Waals surface area contributed by atoms with E-state index in [1.165, 1.54) is 51.4 Å². The normalized spacial score (nSPS) is 13.5. The molecule has 0 saturated heterocycles. The summed E-state index contributed by atoms with van der Waals surface area (Å²) in [5.41, 5.74) is 0.